The Morgan fingerprint density at radius 1 is 1.41 bits per heavy atom. The summed E-state index contributed by atoms with van der Waals surface area (Å²) in [6.07, 6.45) is 2.61. The lowest BCUT2D eigenvalue weighted by atomic mass is 10.3. The number of aromatic nitrogens is 4. The van der Waals surface area contributed by atoms with Crippen LogP contribution in [0.1, 0.15) is 19.0 Å². The Hall–Kier alpha value is -1.49. The van der Waals surface area contributed by atoms with Crippen LogP contribution in [0.4, 0.5) is 4.39 Å². The minimum Gasteiger partial charge on any atom is -0.262 e. The zero-order valence-electron chi connectivity index (χ0n) is 9.61. The summed E-state index contributed by atoms with van der Waals surface area (Å²) >= 11 is 5.71. The van der Waals surface area contributed by atoms with Crippen molar-refractivity contribution < 1.29 is 4.39 Å². The van der Waals surface area contributed by atoms with Gasteiger partial charge in [0.25, 0.3) is 0 Å². The molecular weight excluding hydrogens is 243 g/mol. The van der Waals surface area contributed by atoms with Crippen LogP contribution in [0.3, 0.4) is 0 Å². The monoisotopic (exact) mass is 254 g/mol. The molecule has 0 atom stereocenters. The van der Waals surface area contributed by atoms with Gasteiger partial charge in [-0.2, -0.15) is 5.10 Å². The molecule has 0 saturated carbocycles. The van der Waals surface area contributed by atoms with Gasteiger partial charge in [0.15, 0.2) is 16.8 Å². The average molecular weight is 255 g/mol. The largest absolute Gasteiger partial charge is 0.262 e. The Morgan fingerprint density at radius 3 is 2.82 bits per heavy atom. The Labute approximate surface area is 103 Å². The molecule has 90 valence electrons. The second kappa shape index (κ2) is 4.79. The van der Waals surface area contributed by atoms with Crippen molar-refractivity contribution in [2.75, 3.05) is 0 Å². The number of aryl methyl sites for hydroxylation is 2. The zero-order chi connectivity index (χ0) is 12.4. The van der Waals surface area contributed by atoms with Gasteiger partial charge in [-0.15, -0.1) is 0 Å². The van der Waals surface area contributed by atoms with Gasteiger partial charge in [0.2, 0.25) is 0 Å². The molecule has 0 aliphatic rings. The van der Waals surface area contributed by atoms with E-state index in [0.29, 0.717) is 5.82 Å². The van der Waals surface area contributed by atoms with Crippen molar-refractivity contribution in [3.05, 3.63) is 28.9 Å². The van der Waals surface area contributed by atoms with Gasteiger partial charge >= 0.3 is 0 Å². The van der Waals surface area contributed by atoms with Crippen LogP contribution < -0.4 is 0 Å². The number of halogens is 2. The van der Waals surface area contributed by atoms with E-state index < -0.39 is 5.82 Å². The predicted octanol–water partition coefficient (Wildman–Crippen LogP) is 2.85. The lowest BCUT2D eigenvalue weighted by molar-refractivity contribution is 0.594. The van der Waals surface area contributed by atoms with Gasteiger partial charge in [0.1, 0.15) is 5.69 Å². The molecule has 0 N–H and O–H groups in total. The van der Waals surface area contributed by atoms with Crippen LogP contribution in [0.2, 0.25) is 5.15 Å². The Bertz CT molecular complexity index is 515. The summed E-state index contributed by atoms with van der Waals surface area (Å²) in [5.74, 6) is -0.170. The molecule has 2 rings (SSSR count). The van der Waals surface area contributed by atoms with E-state index in [-0.39, 0.29) is 10.8 Å². The molecule has 0 spiro atoms. The van der Waals surface area contributed by atoms with Crippen molar-refractivity contribution in [1.29, 1.82) is 0 Å². The molecule has 4 nitrogen and oxygen atoms in total. The van der Waals surface area contributed by atoms with E-state index >= 15 is 0 Å². The maximum atomic E-state index is 13.3. The van der Waals surface area contributed by atoms with E-state index in [9.17, 15) is 4.39 Å². The first-order chi connectivity index (χ1) is 8.13. The summed E-state index contributed by atoms with van der Waals surface area (Å²) in [4.78, 5) is 8.02. The maximum absolute atomic E-state index is 13.3. The van der Waals surface area contributed by atoms with E-state index in [0.717, 1.165) is 18.7 Å². The Kier molecular flexibility index (Phi) is 3.38. The first-order valence-electron chi connectivity index (χ1n) is 5.35. The summed E-state index contributed by atoms with van der Waals surface area (Å²) in [6, 6.07) is 1.79. The second-order valence-electron chi connectivity index (χ2n) is 3.68. The van der Waals surface area contributed by atoms with Gasteiger partial charge in [0.05, 0.1) is 5.69 Å². The van der Waals surface area contributed by atoms with E-state index in [2.05, 4.69) is 22.0 Å². The summed E-state index contributed by atoms with van der Waals surface area (Å²) in [5, 5.41) is 4.01. The van der Waals surface area contributed by atoms with E-state index in [1.165, 1.54) is 0 Å². The Morgan fingerprint density at radius 2 is 2.18 bits per heavy atom. The van der Waals surface area contributed by atoms with Crippen LogP contribution in [0, 0.1) is 12.7 Å². The molecule has 0 saturated heterocycles. The predicted molar refractivity (Wildman–Crippen MR) is 63.2 cm³/mol. The number of rotatable bonds is 3. The van der Waals surface area contributed by atoms with Crippen LogP contribution in [0.25, 0.3) is 11.5 Å². The van der Waals surface area contributed by atoms with E-state index in [1.807, 2.05) is 0 Å². The van der Waals surface area contributed by atoms with E-state index in [4.69, 9.17) is 11.6 Å². The number of nitrogens with zero attached hydrogens (tertiary/aromatic N) is 4. The second-order valence-corrected chi connectivity index (χ2v) is 4.04. The normalized spacial score (nSPS) is 10.8. The van der Waals surface area contributed by atoms with Gasteiger partial charge < -0.3 is 0 Å². The molecule has 0 aliphatic heterocycles. The molecule has 2 aromatic heterocycles. The zero-order valence-corrected chi connectivity index (χ0v) is 10.4. The van der Waals surface area contributed by atoms with Crippen molar-refractivity contribution in [3.63, 3.8) is 0 Å². The molecule has 2 heterocycles. The highest BCUT2D eigenvalue weighted by molar-refractivity contribution is 6.29. The fraction of sp³-hybridized carbons (Fsp3) is 0.364. The van der Waals surface area contributed by atoms with Gasteiger partial charge in [-0.3, -0.25) is 4.68 Å². The molecule has 0 aliphatic carbocycles. The van der Waals surface area contributed by atoms with Crippen molar-refractivity contribution in [2.24, 2.45) is 0 Å². The fourth-order valence-corrected chi connectivity index (χ4v) is 1.77. The number of hydrogen-bond acceptors (Lipinski definition) is 3. The quantitative estimate of drug-likeness (QED) is 0.791. The summed E-state index contributed by atoms with van der Waals surface area (Å²) < 4.78 is 15.1. The van der Waals surface area contributed by atoms with Crippen molar-refractivity contribution in [3.8, 4) is 11.5 Å². The Balaban J connectivity index is 2.49. The highest BCUT2D eigenvalue weighted by Gasteiger charge is 2.13. The summed E-state index contributed by atoms with van der Waals surface area (Å²) in [7, 11) is 0. The standard InChI is InChI=1S/C11H12ClFN4/c1-3-6-17-8(4-5-14-17)11-15-7(2)9(13)10(12)16-11/h4-5H,3,6H2,1-2H3. The van der Waals surface area contributed by atoms with Crippen LogP contribution >= 0.6 is 11.6 Å². The lowest BCUT2D eigenvalue weighted by Gasteiger charge is -2.06. The molecule has 0 amide bonds. The van der Waals surface area contributed by atoms with Crippen LogP contribution in [-0.4, -0.2) is 19.7 Å². The van der Waals surface area contributed by atoms with Crippen LogP contribution in [0.5, 0.6) is 0 Å². The first kappa shape index (κ1) is 12.0. The lowest BCUT2D eigenvalue weighted by Crippen LogP contribution is -2.05. The topological polar surface area (TPSA) is 43.6 Å². The molecule has 0 aromatic carbocycles. The minimum atomic E-state index is -0.572. The minimum absolute atomic E-state index is 0.156. The highest BCUT2D eigenvalue weighted by atomic mass is 35.5. The molecule has 0 radical (unpaired) electrons. The maximum Gasteiger partial charge on any atom is 0.181 e. The van der Waals surface area contributed by atoms with Crippen molar-refractivity contribution >= 4 is 11.6 Å². The highest BCUT2D eigenvalue weighted by Crippen LogP contribution is 2.20. The molecular formula is C11H12ClFN4. The molecule has 0 bridgehead atoms. The average Bonchev–Trinajstić information content (AvgIpc) is 2.74. The first-order valence-corrected chi connectivity index (χ1v) is 5.73. The third-order valence-electron chi connectivity index (χ3n) is 2.36. The van der Waals surface area contributed by atoms with E-state index in [1.54, 1.807) is 23.9 Å². The third-order valence-corrected chi connectivity index (χ3v) is 2.61. The molecule has 6 heteroatoms. The molecule has 0 unspecified atom stereocenters. The van der Waals surface area contributed by atoms with Crippen LogP contribution in [-0.2, 0) is 6.54 Å². The summed E-state index contributed by atoms with van der Waals surface area (Å²) in [6.45, 7) is 4.38. The molecule has 0 fully saturated rings. The van der Waals surface area contributed by atoms with Gasteiger partial charge in [-0.1, -0.05) is 18.5 Å². The fourth-order valence-electron chi connectivity index (χ4n) is 1.55. The van der Waals surface area contributed by atoms with Gasteiger partial charge in [0, 0.05) is 12.7 Å². The number of hydrogen-bond donors (Lipinski definition) is 0. The molecule has 17 heavy (non-hydrogen) atoms. The summed E-state index contributed by atoms with van der Waals surface area (Å²) in [5.41, 5.74) is 0.987. The van der Waals surface area contributed by atoms with Crippen molar-refractivity contribution in [2.45, 2.75) is 26.8 Å². The third kappa shape index (κ3) is 2.29. The smallest absolute Gasteiger partial charge is 0.181 e. The van der Waals surface area contributed by atoms with Crippen molar-refractivity contribution in [1.82, 2.24) is 19.7 Å². The SMILES string of the molecule is CCCn1nccc1-c1nc(C)c(F)c(Cl)n1. The molecule has 2 aromatic rings. The van der Waals surface area contributed by atoms with Gasteiger partial charge in [-0.25, -0.2) is 14.4 Å². The van der Waals surface area contributed by atoms with Crippen LogP contribution in [0.15, 0.2) is 12.3 Å². The van der Waals surface area contributed by atoms with Gasteiger partial charge in [-0.05, 0) is 19.4 Å².